The fourth-order valence-corrected chi connectivity index (χ4v) is 1.89. The normalized spacial score (nSPS) is 12.0. The molecule has 0 aliphatic heterocycles. The molecule has 134 valence electrons. The van der Waals surface area contributed by atoms with Gasteiger partial charge < -0.3 is 20.1 Å². The Morgan fingerprint density at radius 1 is 1.04 bits per heavy atom. The topological polar surface area (TPSA) is 102 Å². The van der Waals surface area contributed by atoms with Crippen LogP contribution in [0.15, 0.2) is 0 Å². The van der Waals surface area contributed by atoms with Gasteiger partial charge in [0.05, 0.1) is 40.0 Å². The molecule has 7 nitrogen and oxygen atoms in total. The van der Waals surface area contributed by atoms with Gasteiger partial charge in [0.2, 0.25) is 0 Å². The third-order valence-electron chi connectivity index (χ3n) is 3.25. The van der Waals surface area contributed by atoms with Gasteiger partial charge in [0.15, 0.2) is 0 Å². The lowest BCUT2D eigenvalue weighted by atomic mass is 10.1. The van der Waals surface area contributed by atoms with Crippen LogP contribution in [-0.2, 0) is 23.9 Å². The van der Waals surface area contributed by atoms with Gasteiger partial charge in [-0.2, -0.15) is 0 Å². The number of carbonyl (C=O) groups is 3. The van der Waals surface area contributed by atoms with E-state index in [4.69, 9.17) is 9.47 Å². The minimum absolute atomic E-state index is 0.0821. The first-order valence-corrected chi connectivity index (χ1v) is 8.40. The van der Waals surface area contributed by atoms with Crippen molar-refractivity contribution in [3.8, 4) is 0 Å². The van der Waals surface area contributed by atoms with Crippen LogP contribution in [0.4, 0.5) is 0 Å². The molecule has 0 aromatic carbocycles. The van der Waals surface area contributed by atoms with Crippen molar-refractivity contribution in [2.75, 3.05) is 27.2 Å². The molecule has 7 heteroatoms. The number of ether oxygens (including phenoxy) is 2. The zero-order chi connectivity index (χ0) is 17.7. The van der Waals surface area contributed by atoms with Crippen molar-refractivity contribution in [1.29, 1.82) is 0 Å². The molecule has 1 atom stereocenters. The number of esters is 3. The largest absolute Gasteiger partial charge is 0.462 e. The maximum absolute atomic E-state index is 11.8. The second-order valence-electron chi connectivity index (χ2n) is 5.97. The lowest BCUT2D eigenvalue weighted by molar-refractivity contribution is -0.858. The molecule has 0 saturated heterocycles. The highest BCUT2D eigenvalue weighted by Crippen LogP contribution is 2.09. The van der Waals surface area contributed by atoms with Gasteiger partial charge in [0.25, 0.3) is 0 Å². The van der Waals surface area contributed by atoms with Crippen LogP contribution in [0.3, 0.4) is 0 Å². The smallest absolute Gasteiger partial charge is 0.317 e. The average molecular weight is 332 g/mol. The number of quaternary nitrogens is 2. The zero-order valence-corrected chi connectivity index (χ0v) is 14.7. The number of hydrogen-bond donors (Lipinski definition) is 2. The summed E-state index contributed by atoms with van der Waals surface area (Å²) >= 11 is 0. The summed E-state index contributed by atoms with van der Waals surface area (Å²) in [5, 5.41) is 0. The van der Waals surface area contributed by atoms with Crippen LogP contribution in [0.2, 0.25) is 0 Å². The van der Waals surface area contributed by atoms with E-state index in [1.807, 2.05) is 21.0 Å². The van der Waals surface area contributed by atoms with E-state index in [-0.39, 0.29) is 18.8 Å². The Bertz CT molecular complexity index is 371. The first-order valence-electron chi connectivity index (χ1n) is 8.40. The summed E-state index contributed by atoms with van der Waals surface area (Å²) in [6.45, 7) is 3.37. The van der Waals surface area contributed by atoms with Crippen LogP contribution < -0.4 is 10.6 Å². The van der Waals surface area contributed by atoms with E-state index in [1.165, 1.54) is 4.90 Å². The summed E-state index contributed by atoms with van der Waals surface area (Å²) in [7, 11) is 3.97. The second-order valence-corrected chi connectivity index (χ2v) is 5.97. The maximum atomic E-state index is 11.8. The molecule has 0 aromatic heterocycles. The first-order chi connectivity index (χ1) is 10.9. The van der Waals surface area contributed by atoms with Crippen LogP contribution in [-0.4, -0.2) is 51.2 Å². The lowest BCUT2D eigenvalue weighted by Gasteiger charge is -2.18. The van der Waals surface area contributed by atoms with Crippen LogP contribution >= 0.6 is 0 Å². The summed E-state index contributed by atoms with van der Waals surface area (Å²) in [5.41, 5.74) is 3.63. The molecule has 0 unspecified atom stereocenters. The van der Waals surface area contributed by atoms with E-state index in [1.54, 1.807) is 0 Å². The third-order valence-corrected chi connectivity index (χ3v) is 3.25. The van der Waals surface area contributed by atoms with Gasteiger partial charge in [-0.25, -0.2) is 0 Å². The Balaban J connectivity index is 4.40. The molecule has 0 bridgehead atoms. The number of unbranched alkanes of at least 4 members (excludes halogenated alkanes) is 1. The molecule has 0 fully saturated rings. The number of hydrogen-bond acceptors (Lipinski definition) is 5. The van der Waals surface area contributed by atoms with Gasteiger partial charge in [0, 0.05) is 19.3 Å². The SMILES string of the molecule is CCCCC(=O)O[C@@H](CC[NH+](C)C)CC(=O)OC(=O)CCC[NH3+]. The van der Waals surface area contributed by atoms with Gasteiger partial charge in [-0.05, 0) is 6.42 Å². The molecule has 0 spiro atoms. The van der Waals surface area contributed by atoms with Crippen molar-refractivity contribution in [1.82, 2.24) is 0 Å². The quantitative estimate of drug-likeness (QED) is 0.356. The molecule has 0 aliphatic carbocycles. The zero-order valence-electron chi connectivity index (χ0n) is 14.7. The molecule has 0 aliphatic rings. The molecule has 0 aromatic rings. The van der Waals surface area contributed by atoms with E-state index < -0.39 is 18.0 Å². The monoisotopic (exact) mass is 332 g/mol. The molecule has 23 heavy (non-hydrogen) atoms. The summed E-state index contributed by atoms with van der Waals surface area (Å²) in [5.74, 6) is -1.49. The molecular formula is C16H32N2O5+2. The highest BCUT2D eigenvalue weighted by atomic mass is 16.6. The third kappa shape index (κ3) is 12.7. The van der Waals surface area contributed by atoms with E-state index in [0.717, 1.165) is 19.4 Å². The van der Waals surface area contributed by atoms with Crippen LogP contribution in [0, 0.1) is 0 Å². The number of nitrogens with one attached hydrogen (secondary N) is 1. The molecule has 0 saturated carbocycles. The Labute approximate surface area is 138 Å². The van der Waals surface area contributed by atoms with Crippen molar-refractivity contribution < 1.29 is 34.5 Å². The fourth-order valence-electron chi connectivity index (χ4n) is 1.89. The molecule has 0 rings (SSSR count). The Morgan fingerprint density at radius 2 is 1.70 bits per heavy atom. The van der Waals surface area contributed by atoms with E-state index in [9.17, 15) is 14.4 Å². The van der Waals surface area contributed by atoms with Gasteiger partial charge in [0.1, 0.15) is 6.10 Å². The Kier molecular flexibility index (Phi) is 12.2. The lowest BCUT2D eigenvalue weighted by Crippen LogP contribution is -3.05. The van der Waals surface area contributed by atoms with Gasteiger partial charge in [-0.1, -0.05) is 13.3 Å². The van der Waals surface area contributed by atoms with Crippen LogP contribution in [0.5, 0.6) is 0 Å². The fraction of sp³-hybridized carbons (Fsp3) is 0.812. The Morgan fingerprint density at radius 3 is 2.26 bits per heavy atom. The predicted octanol–water partition coefficient (Wildman–Crippen LogP) is -0.895. The van der Waals surface area contributed by atoms with E-state index >= 15 is 0 Å². The standard InChI is InChI=1S/C16H30N2O5/c1-4-5-7-14(19)22-13(9-11-18(2)3)12-16(21)23-15(20)8-6-10-17/h13H,4-12,17H2,1-3H3/p+2/t13-/m0/s1. The van der Waals surface area contributed by atoms with Crippen LogP contribution in [0.1, 0.15) is 51.9 Å². The van der Waals surface area contributed by atoms with Crippen molar-refractivity contribution in [3.63, 3.8) is 0 Å². The summed E-state index contributed by atoms with van der Waals surface area (Å²) in [4.78, 5) is 36.2. The summed E-state index contributed by atoms with van der Waals surface area (Å²) in [6.07, 6.45) is 2.72. The predicted molar refractivity (Wildman–Crippen MR) is 84.4 cm³/mol. The summed E-state index contributed by atoms with van der Waals surface area (Å²) < 4.78 is 10.1. The van der Waals surface area contributed by atoms with Crippen molar-refractivity contribution in [3.05, 3.63) is 0 Å². The van der Waals surface area contributed by atoms with E-state index in [0.29, 0.717) is 25.8 Å². The first kappa shape index (κ1) is 21.5. The van der Waals surface area contributed by atoms with Gasteiger partial charge in [-0.15, -0.1) is 0 Å². The molecule has 0 amide bonds. The van der Waals surface area contributed by atoms with Gasteiger partial charge >= 0.3 is 17.9 Å². The summed E-state index contributed by atoms with van der Waals surface area (Å²) in [6, 6.07) is 0. The highest BCUT2D eigenvalue weighted by molar-refractivity contribution is 5.85. The number of carbonyl (C=O) groups excluding carboxylic acids is 3. The average Bonchev–Trinajstić information content (AvgIpc) is 2.48. The maximum Gasteiger partial charge on any atom is 0.317 e. The second kappa shape index (κ2) is 13.0. The van der Waals surface area contributed by atoms with Crippen molar-refractivity contribution >= 4 is 17.9 Å². The molecule has 4 N–H and O–H groups in total. The highest BCUT2D eigenvalue weighted by Gasteiger charge is 2.22. The minimum Gasteiger partial charge on any atom is -0.462 e. The number of rotatable bonds is 12. The van der Waals surface area contributed by atoms with Crippen molar-refractivity contribution in [2.24, 2.45) is 0 Å². The van der Waals surface area contributed by atoms with Gasteiger partial charge in [-0.3, -0.25) is 14.4 Å². The molecule has 0 heterocycles. The van der Waals surface area contributed by atoms with E-state index in [2.05, 4.69) is 5.73 Å². The Hall–Kier alpha value is -1.47. The molecule has 0 radical (unpaired) electrons. The minimum atomic E-state index is -0.638. The van der Waals surface area contributed by atoms with Crippen LogP contribution in [0.25, 0.3) is 0 Å². The molecular weight excluding hydrogens is 300 g/mol. The van der Waals surface area contributed by atoms with Crippen molar-refractivity contribution in [2.45, 2.75) is 58.0 Å².